The lowest BCUT2D eigenvalue weighted by molar-refractivity contribution is -0.118. The van der Waals surface area contributed by atoms with Crippen LogP contribution in [0.5, 0.6) is 0 Å². The highest BCUT2D eigenvalue weighted by atomic mass is 32.1. The second kappa shape index (κ2) is 5.71. The van der Waals surface area contributed by atoms with Crippen molar-refractivity contribution in [3.8, 4) is 0 Å². The molecule has 1 aromatic heterocycles. The number of carbonyl (C=O) groups excluding carboxylic acids is 2. The van der Waals surface area contributed by atoms with E-state index in [0.717, 1.165) is 18.5 Å². The number of esters is 1. The summed E-state index contributed by atoms with van der Waals surface area (Å²) in [6.45, 7) is 4.77. The van der Waals surface area contributed by atoms with Crippen LogP contribution >= 0.6 is 11.3 Å². The van der Waals surface area contributed by atoms with Crippen LogP contribution < -0.4 is 10.6 Å². The third-order valence-corrected chi connectivity index (χ3v) is 4.49. The first-order valence-corrected chi connectivity index (χ1v) is 7.13. The molecule has 0 spiro atoms. The van der Waals surface area contributed by atoms with Crippen LogP contribution in [0.25, 0.3) is 0 Å². The first-order valence-electron chi connectivity index (χ1n) is 6.25. The van der Waals surface area contributed by atoms with Crippen LogP contribution in [0.1, 0.15) is 28.6 Å². The summed E-state index contributed by atoms with van der Waals surface area (Å²) in [4.78, 5) is 24.3. The van der Waals surface area contributed by atoms with Gasteiger partial charge in [0.25, 0.3) is 0 Å². The molecule has 1 amide bonds. The van der Waals surface area contributed by atoms with E-state index in [1.165, 1.54) is 18.4 Å². The summed E-state index contributed by atoms with van der Waals surface area (Å²) in [6, 6.07) is -0.190. The van der Waals surface area contributed by atoms with Crippen molar-refractivity contribution in [2.45, 2.75) is 26.3 Å². The third-order valence-electron chi connectivity index (χ3n) is 3.41. The number of thiophene rings is 1. The Morgan fingerprint density at radius 3 is 2.84 bits per heavy atom. The summed E-state index contributed by atoms with van der Waals surface area (Å²) >= 11 is 1.28. The molecule has 0 saturated carbocycles. The smallest absolute Gasteiger partial charge is 0.350 e. The lowest BCUT2D eigenvalue weighted by Crippen LogP contribution is -2.39. The number of rotatable bonds is 3. The molecule has 6 heteroatoms. The number of aryl methyl sites for hydroxylation is 1. The maximum Gasteiger partial charge on any atom is 0.350 e. The van der Waals surface area contributed by atoms with Crippen LogP contribution in [-0.2, 0) is 9.53 Å². The molecule has 1 aromatic rings. The molecule has 0 bridgehead atoms. The van der Waals surface area contributed by atoms with Crippen molar-refractivity contribution in [1.82, 2.24) is 5.32 Å². The predicted octanol–water partition coefficient (Wildman–Crippen LogP) is 1.78. The van der Waals surface area contributed by atoms with Gasteiger partial charge in [-0.05, 0) is 36.8 Å². The van der Waals surface area contributed by atoms with Gasteiger partial charge in [0, 0.05) is 0 Å². The molecule has 1 aliphatic rings. The monoisotopic (exact) mass is 282 g/mol. The van der Waals surface area contributed by atoms with E-state index in [9.17, 15) is 9.59 Å². The quantitative estimate of drug-likeness (QED) is 0.829. The van der Waals surface area contributed by atoms with Crippen molar-refractivity contribution in [2.75, 3.05) is 19.0 Å². The second-order valence-corrected chi connectivity index (χ2v) is 5.68. The molecule has 2 heterocycles. The molecule has 19 heavy (non-hydrogen) atoms. The van der Waals surface area contributed by atoms with Gasteiger partial charge < -0.3 is 15.4 Å². The van der Waals surface area contributed by atoms with Crippen molar-refractivity contribution >= 4 is 28.9 Å². The van der Waals surface area contributed by atoms with Crippen LogP contribution in [-0.4, -0.2) is 31.6 Å². The summed E-state index contributed by atoms with van der Waals surface area (Å²) in [6.07, 6.45) is 0.991. The Morgan fingerprint density at radius 2 is 2.26 bits per heavy atom. The Hall–Kier alpha value is -1.40. The summed E-state index contributed by atoms with van der Waals surface area (Å²) in [5.41, 5.74) is 1.45. The van der Waals surface area contributed by atoms with Gasteiger partial charge in [-0.2, -0.15) is 0 Å². The number of hydrogen-bond donors (Lipinski definition) is 2. The zero-order chi connectivity index (χ0) is 14.0. The van der Waals surface area contributed by atoms with E-state index in [2.05, 4.69) is 10.6 Å². The van der Waals surface area contributed by atoms with Gasteiger partial charge in [-0.1, -0.05) is 6.92 Å². The molecule has 2 rings (SSSR count). The zero-order valence-electron chi connectivity index (χ0n) is 11.3. The minimum absolute atomic E-state index is 0.0864. The Bertz CT molecular complexity index is 498. The van der Waals surface area contributed by atoms with E-state index in [0.29, 0.717) is 16.5 Å². The van der Waals surface area contributed by atoms with Crippen LogP contribution in [0, 0.1) is 12.8 Å². The minimum atomic E-state index is -0.416. The second-order valence-electron chi connectivity index (χ2n) is 4.80. The Balaban J connectivity index is 2.16. The summed E-state index contributed by atoms with van der Waals surface area (Å²) in [5, 5.41) is 7.87. The van der Waals surface area contributed by atoms with Gasteiger partial charge in [0.2, 0.25) is 5.91 Å². The van der Waals surface area contributed by atoms with E-state index in [1.54, 1.807) is 0 Å². The highest BCUT2D eigenvalue weighted by Crippen LogP contribution is 2.29. The highest BCUT2D eigenvalue weighted by Gasteiger charge is 2.30. The number of anilines is 1. The van der Waals surface area contributed by atoms with Crippen LogP contribution in [0.3, 0.4) is 0 Å². The lowest BCUT2D eigenvalue weighted by atomic mass is 10.0. The van der Waals surface area contributed by atoms with E-state index in [1.807, 2.05) is 19.2 Å². The molecule has 0 aromatic carbocycles. The summed E-state index contributed by atoms with van der Waals surface area (Å²) in [5.74, 6) is -0.196. The number of methoxy groups -OCH3 is 1. The SMILES string of the molecule is COC(=O)c1scc(C)c1NC(=O)C1NCCC1C. The van der Waals surface area contributed by atoms with Gasteiger partial charge in [-0.15, -0.1) is 11.3 Å². The molecule has 1 aliphatic heterocycles. The first-order chi connectivity index (χ1) is 9.04. The molecule has 2 unspecified atom stereocenters. The molecule has 5 nitrogen and oxygen atoms in total. The molecule has 2 atom stereocenters. The van der Waals surface area contributed by atoms with Gasteiger partial charge in [-0.25, -0.2) is 4.79 Å². The fourth-order valence-corrected chi connectivity index (χ4v) is 3.15. The number of nitrogens with one attached hydrogen (secondary N) is 2. The maximum absolute atomic E-state index is 12.2. The van der Waals surface area contributed by atoms with E-state index < -0.39 is 5.97 Å². The predicted molar refractivity (Wildman–Crippen MR) is 74.6 cm³/mol. The van der Waals surface area contributed by atoms with Crippen molar-refractivity contribution in [2.24, 2.45) is 5.92 Å². The zero-order valence-corrected chi connectivity index (χ0v) is 12.1. The minimum Gasteiger partial charge on any atom is -0.465 e. The summed E-state index contributed by atoms with van der Waals surface area (Å²) < 4.78 is 4.72. The van der Waals surface area contributed by atoms with Gasteiger partial charge in [0.15, 0.2) is 0 Å². The third kappa shape index (κ3) is 2.79. The maximum atomic E-state index is 12.2. The summed E-state index contributed by atoms with van der Waals surface area (Å²) in [7, 11) is 1.34. The largest absolute Gasteiger partial charge is 0.465 e. The van der Waals surface area contributed by atoms with Crippen LogP contribution in [0.2, 0.25) is 0 Å². The van der Waals surface area contributed by atoms with E-state index >= 15 is 0 Å². The molecule has 1 saturated heterocycles. The topological polar surface area (TPSA) is 67.4 Å². The van der Waals surface area contributed by atoms with Gasteiger partial charge in [-0.3, -0.25) is 4.79 Å². The Labute approximate surface area is 116 Å². The average molecular weight is 282 g/mol. The number of carbonyl (C=O) groups is 2. The molecular formula is C13H18N2O3S. The molecule has 0 radical (unpaired) electrons. The van der Waals surface area contributed by atoms with E-state index in [-0.39, 0.29) is 11.9 Å². The lowest BCUT2D eigenvalue weighted by Gasteiger charge is -2.16. The molecule has 2 N–H and O–H groups in total. The van der Waals surface area contributed by atoms with E-state index in [4.69, 9.17) is 4.74 Å². The van der Waals surface area contributed by atoms with Gasteiger partial charge >= 0.3 is 5.97 Å². The van der Waals surface area contributed by atoms with Crippen molar-refractivity contribution in [3.63, 3.8) is 0 Å². The van der Waals surface area contributed by atoms with Crippen molar-refractivity contribution in [1.29, 1.82) is 0 Å². The van der Waals surface area contributed by atoms with Gasteiger partial charge in [0.05, 0.1) is 18.8 Å². The number of amides is 1. The van der Waals surface area contributed by atoms with Crippen molar-refractivity contribution < 1.29 is 14.3 Å². The van der Waals surface area contributed by atoms with Crippen molar-refractivity contribution in [3.05, 3.63) is 15.8 Å². The van der Waals surface area contributed by atoms with Gasteiger partial charge in [0.1, 0.15) is 4.88 Å². The first kappa shape index (κ1) is 14.0. The molecule has 0 aliphatic carbocycles. The highest BCUT2D eigenvalue weighted by molar-refractivity contribution is 7.12. The number of ether oxygens (including phenoxy) is 1. The number of hydrogen-bond acceptors (Lipinski definition) is 5. The molecule has 104 valence electrons. The van der Waals surface area contributed by atoms with Crippen LogP contribution in [0.4, 0.5) is 5.69 Å². The Kier molecular flexibility index (Phi) is 4.21. The molecule has 1 fully saturated rings. The standard InChI is InChI=1S/C13H18N2O3S/c1-7-4-5-14-10(7)12(16)15-9-8(2)6-19-11(9)13(17)18-3/h6-7,10,14H,4-5H2,1-3H3,(H,15,16). The average Bonchev–Trinajstić information content (AvgIpc) is 2.96. The van der Waals surface area contributed by atoms with Crippen LogP contribution in [0.15, 0.2) is 5.38 Å². The fraction of sp³-hybridized carbons (Fsp3) is 0.538. The Morgan fingerprint density at radius 1 is 1.53 bits per heavy atom. The normalized spacial score (nSPS) is 22.3. The molecular weight excluding hydrogens is 264 g/mol. The fourth-order valence-electron chi connectivity index (χ4n) is 2.23.